The molecule has 0 aliphatic heterocycles. The van der Waals surface area contributed by atoms with Gasteiger partial charge in [0.25, 0.3) is 0 Å². The summed E-state index contributed by atoms with van der Waals surface area (Å²) in [4.78, 5) is 4.29. The van der Waals surface area contributed by atoms with E-state index in [-0.39, 0.29) is 0 Å². The zero-order chi connectivity index (χ0) is 11.7. The summed E-state index contributed by atoms with van der Waals surface area (Å²) < 4.78 is 1.92. The molecule has 6 heteroatoms. The highest BCUT2D eigenvalue weighted by molar-refractivity contribution is 7.07. The smallest absolute Gasteiger partial charge is 0.203 e. The highest BCUT2D eigenvalue weighted by Crippen LogP contribution is 2.14. The Kier molecular flexibility index (Phi) is 2.49. The van der Waals surface area contributed by atoms with Crippen LogP contribution in [0.4, 0.5) is 5.82 Å². The van der Waals surface area contributed by atoms with Gasteiger partial charge in [0.1, 0.15) is 5.82 Å². The molecule has 17 heavy (non-hydrogen) atoms. The molecule has 3 heterocycles. The van der Waals surface area contributed by atoms with Gasteiger partial charge in [-0.05, 0) is 29.3 Å². The third-order valence-electron chi connectivity index (χ3n) is 2.54. The van der Waals surface area contributed by atoms with E-state index in [4.69, 9.17) is 0 Å². The second kappa shape index (κ2) is 4.14. The molecule has 0 fully saturated rings. The molecule has 0 aliphatic rings. The summed E-state index contributed by atoms with van der Waals surface area (Å²) in [7, 11) is 0. The van der Waals surface area contributed by atoms with Crippen molar-refractivity contribution < 1.29 is 0 Å². The van der Waals surface area contributed by atoms with Crippen LogP contribution in [0.15, 0.2) is 29.2 Å². The average Bonchev–Trinajstić information content (AvgIpc) is 2.97. The third kappa shape index (κ3) is 1.87. The van der Waals surface area contributed by atoms with Crippen LogP contribution in [0.5, 0.6) is 0 Å². The molecule has 3 rings (SSSR count). The number of aromatic nitrogens is 4. The molecule has 0 saturated heterocycles. The molecule has 0 radical (unpaired) electrons. The zero-order valence-corrected chi connectivity index (χ0v) is 10.1. The number of nitrogens with zero attached hydrogens (tertiary/aromatic N) is 4. The van der Waals surface area contributed by atoms with E-state index >= 15 is 0 Å². The quantitative estimate of drug-likeness (QED) is 0.767. The molecule has 0 spiro atoms. The Morgan fingerprint density at radius 2 is 2.35 bits per heavy atom. The van der Waals surface area contributed by atoms with E-state index < -0.39 is 0 Å². The van der Waals surface area contributed by atoms with Gasteiger partial charge in [-0.1, -0.05) is 0 Å². The van der Waals surface area contributed by atoms with E-state index in [0.29, 0.717) is 0 Å². The molecule has 5 nitrogen and oxygen atoms in total. The Balaban J connectivity index is 1.90. The molecular weight excluding hydrogens is 234 g/mol. The van der Waals surface area contributed by atoms with Crippen LogP contribution in [0.25, 0.3) is 5.65 Å². The second-order valence-corrected chi connectivity index (χ2v) is 4.48. The molecule has 0 saturated carbocycles. The van der Waals surface area contributed by atoms with Crippen molar-refractivity contribution in [3.05, 3.63) is 40.6 Å². The van der Waals surface area contributed by atoms with E-state index in [9.17, 15) is 0 Å². The van der Waals surface area contributed by atoms with Gasteiger partial charge in [0.05, 0.1) is 0 Å². The van der Waals surface area contributed by atoms with Gasteiger partial charge in [0, 0.05) is 18.9 Å². The highest BCUT2D eigenvalue weighted by atomic mass is 32.1. The van der Waals surface area contributed by atoms with Crippen LogP contribution in [0.1, 0.15) is 11.4 Å². The molecule has 0 atom stereocenters. The number of hydrogen-bond acceptors (Lipinski definition) is 5. The van der Waals surface area contributed by atoms with Crippen molar-refractivity contribution in [2.75, 3.05) is 5.32 Å². The van der Waals surface area contributed by atoms with Crippen molar-refractivity contribution in [2.24, 2.45) is 0 Å². The lowest BCUT2D eigenvalue weighted by Crippen LogP contribution is -2.03. The average molecular weight is 245 g/mol. The lowest BCUT2D eigenvalue weighted by molar-refractivity contribution is 1.000. The van der Waals surface area contributed by atoms with Crippen molar-refractivity contribution in [3.8, 4) is 0 Å². The Hall–Kier alpha value is -1.95. The number of anilines is 1. The molecule has 0 unspecified atom stereocenters. The third-order valence-corrected chi connectivity index (χ3v) is 3.27. The van der Waals surface area contributed by atoms with E-state index in [2.05, 4.69) is 37.3 Å². The summed E-state index contributed by atoms with van der Waals surface area (Å²) in [5, 5.41) is 15.6. The standard InChI is InChI=1S/C11H11N5S/c1-8-14-15-11-10(12-3-4-16(8)11)13-6-9-2-5-17-7-9/h2-5,7H,6H2,1H3,(H,12,13). The van der Waals surface area contributed by atoms with Crippen LogP contribution >= 0.6 is 11.3 Å². The summed E-state index contributed by atoms with van der Waals surface area (Å²) in [6.45, 7) is 2.67. The number of aryl methyl sites for hydroxylation is 1. The van der Waals surface area contributed by atoms with Gasteiger partial charge in [-0.15, -0.1) is 10.2 Å². The van der Waals surface area contributed by atoms with Gasteiger partial charge in [0.15, 0.2) is 5.82 Å². The predicted octanol–water partition coefficient (Wildman–Crippen LogP) is 2.11. The normalized spacial score (nSPS) is 10.9. The number of nitrogens with one attached hydrogen (secondary N) is 1. The Morgan fingerprint density at radius 1 is 1.41 bits per heavy atom. The highest BCUT2D eigenvalue weighted by Gasteiger charge is 2.06. The summed E-state index contributed by atoms with van der Waals surface area (Å²) in [5.74, 6) is 1.63. The zero-order valence-electron chi connectivity index (χ0n) is 9.29. The van der Waals surface area contributed by atoms with Crippen molar-refractivity contribution in [2.45, 2.75) is 13.5 Å². The topological polar surface area (TPSA) is 55.1 Å². The molecular formula is C11H11N5S. The maximum atomic E-state index is 4.29. The van der Waals surface area contributed by atoms with Gasteiger partial charge in [-0.3, -0.25) is 4.40 Å². The van der Waals surface area contributed by atoms with Crippen LogP contribution in [0.2, 0.25) is 0 Å². The Bertz CT molecular complexity index is 628. The molecule has 0 bridgehead atoms. The molecule has 1 N–H and O–H groups in total. The van der Waals surface area contributed by atoms with Crippen LogP contribution < -0.4 is 5.32 Å². The summed E-state index contributed by atoms with van der Waals surface area (Å²) in [5.41, 5.74) is 2.01. The fourth-order valence-electron chi connectivity index (χ4n) is 1.65. The number of hydrogen-bond donors (Lipinski definition) is 1. The number of rotatable bonds is 3. The predicted molar refractivity (Wildman–Crippen MR) is 67.2 cm³/mol. The van der Waals surface area contributed by atoms with Crippen molar-refractivity contribution in [1.82, 2.24) is 19.6 Å². The first-order valence-electron chi connectivity index (χ1n) is 5.26. The fourth-order valence-corrected chi connectivity index (χ4v) is 2.31. The van der Waals surface area contributed by atoms with Crippen LogP contribution in [-0.4, -0.2) is 19.6 Å². The van der Waals surface area contributed by atoms with Crippen LogP contribution in [0.3, 0.4) is 0 Å². The first kappa shape index (κ1) is 10.2. The molecule has 0 amide bonds. The summed E-state index contributed by atoms with van der Waals surface area (Å²) in [6, 6.07) is 2.09. The van der Waals surface area contributed by atoms with Crippen molar-refractivity contribution >= 4 is 22.8 Å². The lowest BCUT2D eigenvalue weighted by atomic mass is 10.3. The van der Waals surface area contributed by atoms with Gasteiger partial charge in [-0.2, -0.15) is 11.3 Å². The van der Waals surface area contributed by atoms with Crippen LogP contribution in [-0.2, 0) is 6.54 Å². The van der Waals surface area contributed by atoms with Gasteiger partial charge in [-0.25, -0.2) is 4.98 Å². The Morgan fingerprint density at radius 3 is 3.18 bits per heavy atom. The monoisotopic (exact) mass is 245 g/mol. The first-order valence-corrected chi connectivity index (χ1v) is 6.20. The largest absolute Gasteiger partial charge is 0.363 e. The maximum Gasteiger partial charge on any atom is 0.203 e. The van der Waals surface area contributed by atoms with Gasteiger partial charge in [0.2, 0.25) is 5.65 Å². The van der Waals surface area contributed by atoms with Crippen molar-refractivity contribution in [3.63, 3.8) is 0 Å². The minimum atomic E-state index is 0.752. The van der Waals surface area contributed by atoms with Crippen LogP contribution in [0, 0.1) is 6.92 Å². The number of thiophene rings is 1. The second-order valence-electron chi connectivity index (χ2n) is 3.70. The summed E-state index contributed by atoms with van der Waals surface area (Å²) >= 11 is 1.69. The SMILES string of the molecule is Cc1nnc2c(NCc3ccsc3)nccn12. The molecule has 86 valence electrons. The maximum absolute atomic E-state index is 4.29. The van der Waals surface area contributed by atoms with Crippen molar-refractivity contribution in [1.29, 1.82) is 0 Å². The minimum absolute atomic E-state index is 0.752. The first-order chi connectivity index (χ1) is 8.34. The summed E-state index contributed by atoms with van der Waals surface area (Å²) in [6.07, 6.45) is 3.61. The Labute approximate surface area is 102 Å². The molecule has 0 aromatic carbocycles. The van der Waals surface area contributed by atoms with Gasteiger partial charge >= 0.3 is 0 Å². The minimum Gasteiger partial charge on any atom is -0.363 e. The van der Waals surface area contributed by atoms with E-state index in [0.717, 1.165) is 23.8 Å². The van der Waals surface area contributed by atoms with E-state index in [1.54, 1.807) is 17.5 Å². The molecule has 3 aromatic heterocycles. The van der Waals surface area contributed by atoms with Gasteiger partial charge < -0.3 is 5.32 Å². The lowest BCUT2D eigenvalue weighted by Gasteiger charge is -2.04. The molecule has 3 aromatic rings. The number of fused-ring (bicyclic) bond motifs is 1. The van der Waals surface area contributed by atoms with E-state index in [1.807, 2.05) is 17.5 Å². The molecule has 0 aliphatic carbocycles. The van der Waals surface area contributed by atoms with E-state index in [1.165, 1.54) is 5.56 Å². The fraction of sp³-hybridized carbons (Fsp3) is 0.182.